The smallest absolute Gasteiger partial charge is 0.307 e. The van der Waals surface area contributed by atoms with E-state index in [0.29, 0.717) is 37.9 Å². The number of rotatable bonds is 7. The summed E-state index contributed by atoms with van der Waals surface area (Å²) in [5.41, 5.74) is 0.864. The highest BCUT2D eigenvalue weighted by molar-refractivity contribution is 9.10. The number of benzene rings is 1. The topological polar surface area (TPSA) is 77.2 Å². The van der Waals surface area contributed by atoms with Crippen LogP contribution in [-0.2, 0) is 16.1 Å². The average Bonchev–Trinajstić information content (AvgIpc) is 2.93. The highest BCUT2D eigenvalue weighted by Crippen LogP contribution is 2.20. The molecule has 0 radical (unpaired) electrons. The van der Waals surface area contributed by atoms with E-state index in [1.54, 1.807) is 6.92 Å². The molecule has 0 aliphatic rings. The number of aromatic nitrogens is 2. The summed E-state index contributed by atoms with van der Waals surface area (Å²) in [6.07, 6.45) is 0.321. The van der Waals surface area contributed by atoms with Crippen molar-refractivity contribution in [3.63, 3.8) is 0 Å². The molecule has 0 saturated heterocycles. The minimum atomic E-state index is -0.217. The fraction of sp³-hybridized carbons (Fsp3) is 0.357. The van der Waals surface area contributed by atoms with Crippen molar-refractivity contribution >= 4 is 21.9 Å². The molecule has 0 unspecified atom stereocenters. The van der Waals surface area contributed by atoms with Crippen molar-refractivity contribution in [1.82, 2.24) is 15.5 Å². The molecule has 0 bridgehead atoms. The van der Waals surface area contributed by atoms with Crippen LogP contribution in [0.3, 0.4) is 0 Å². The molecule has 0 amide bonds. The van der Waals surface area contributed by atoms with Gasteiger partial charge >= 0.3 is 5.97 Å². The number of carbonyl (C=O) groups is 1. The predicted octanol–water partition coefficient (Wildman–Crippen LogP) is 2.54. The van der Waals surface area contributed by atoms with Crippen LogP contribution in [0.1, 0.15) is 19.2 Å². The molecular weight excluding hydrogens is 338 g/mol. The molecule has 112 valence electrons. The van der Waals surface area contributed by atoms with E-state index in [1.807, 2.05) is 24.3 Å². The fourth-order valence-electron chi connectivity index (χ4n) is 1.65. The predicted molar refractivity (Wildman–Crippen MR) is 80.4 cm³/mol. The van der Waals surface area contributed by atoms with Crippen molar-refractivity contribution in [3.05, 3.63) is 34.6 Å². The van der Waals surface area contributed by atoms with Crippen molar-refractivity contribution in [2.75, 3.05) is 13.2 Å². The van der Waals surface area contributed by atoms with E-state index in [-0.39, 0.29) is 5.97 Å². The van der Waals surface area contributed by atoms with Gasteiger partial charge in [0.05, 0.1) is 19.6 Å². The van der Waals surface area contributed by atoms with Crippen LogP contribution in [0.5, 0.6) is 0 Å². The van der Waals surface area contributed by atoms with E-state index in [9.17, 15) is 4.79 Å². The van der Waals surface area contributed by atoms with E-state index in [4.69, 9.17) is 9.15 Å². The summed E-state index contributed by atoms with van der Waals surface area (Å²) in [6.45, 7) is 3.12. The van der Waals surface area contributed by atoms with E-state index in [0.717, 1.165) is 10.0 Å². The van der Waals surface area contributed by atoms with Gasteiger partial charge in [-0.25, -0.2) is 0 Å². The first-order valence-electron chi connectivity index (χ1n) is 6.63. The molecule has 6 nitrogen and oxygen atoms in total. The molecule has 0 aliphatic carbocycles. The lowest BCUT2D eigenvalue weighted by Crippen LogP contribution is -2.19. The Morgan fingerprint density at radius 2 is 2.10 bits per heavy atom. The first-order chi connectivity index (χ1) is 10.2. The summed E-state index contributed by atoms with van der Waals surface area (Å²) < 4.78 is 11.4. The SMILES string of the molecule is CCOC(=O)CCNCc1nnc(-c2ccc(Br)cc2)o1. The third kappa shape index (κ3) is 4.95. The number of hydrogen-bond donors (Lipinski definition) is 1. The van der Waals surface area contributed by atoms with Gasteiger partial charge in [-0.05, 0) is 31.2 Å². The Bertz CT molecular complexity index is 583. The van der Waals surface area contributed by atoms with E-state index < -0.39 is 0 Å². The number of ether oxygens (including phenoxy) is 1. The lowest BCUT2D eigenvalue weighted by atomic mass is 10.2. The second kappa shape index (κ2) is 7.90. The summed E-state index contributed by atoms with van der Waals surface area (Å²) in [5.74, 6) is 0.743. The molecule has 2 rings (SSSR count). The Kier molecular flexibility index (Phi) is 5.89. The van der Waals surface area contributed by atoms with E-state index in [2.05, 4.69) is 31.4 Å². The van der Waals surface area contributed by atoms with Crippen LogP contribution in [0, 0.1) is 0 Å². The maximum Gasteiger partial charge on any atom is 0.307 e. The van der Waals surface area contributed by atoms with Gasteiger partial charge in [-0.2, -0.15) is 0 Å². The third-order valence-electron chi connectivity index (χ3n) is 2.65. The minimum absolute atomic E-state index is 0.217. The van der Waals surface area contributed by atoms with Crippen LogP contribution in [0.4, 0.5) is 0 Å². The Balaban J connectivity index is 1.81. The van der Waals surface area contributed by atoms with Gasteiger partial charge in [-0.1, -0.05) is 15.9 Å². The molecular formula is C14H16BrN3O3. The van der Waals surface area contributed by atoms with Gasteiger partial charge < -0.3 is 14.5 Å². The van der Waals surface area contributed by atoms with E-state index in [1.165, 1.54) is 0 Å². The Morgan fingerprint density at radius 1 is 1.33 bits per heavy atom. The monoisotopic (exact) mass is 353 g/mol. The van der Waals surface area contributed by atoms with E-state index >= 15 is 0 Å². The van der Waals surface area contributed by atoms with Gasteiger partial charge in [0.1, 0.15) is 0 Å². The summed E-state index contributed by atoms with van der Waals surface area (Å²) in [4.78, 5) is 11.2. The largest absolute Gasteiger partial charge is 0.466 e. The van der Waals surface area contributed by atoms with Gasteiger partial charge in [0.2, 0.25) is 11.8 Å². The first kappa shape index (κ1) is 15.7. The summed E-state index contributed by atoms with van der Waals surface area (Å²) in [5, 5.41) is 11.0. The van der Waals surface area contributed by atoms with Crippen molar-refractivity contribution in [3.8, 4) is 11.5 Å². The fourth-order valence-corrected chi connectivity index (χ4v) is 1.92. The molecule has 1 N–H and O–H groups in total. The lowest BCUT2D eigenvalue weighted by Gasteiger charge is -2.02. The van der Waals surface area contributed by atoms with Crippen molar-refractivity contribution < 1.29 is 13.9 Å². The Labute approximate surface area is 131 Å². The molecule has 0 spiro atoms. The average molecular weight is 354 g/mol. The summed E-state index contributed by atoms with van der Waals surface area (Å²) in [6, 6.07) is 7.62. The Hall–Kier alpha value is -1.73. The number of nitrogens with zero attached hydrogens (tertiary/aromatic N) is 2. The normalized spacial score (nSPS) is 10.6. The van der Waals surface area contributed by atoms with Crippen LogP contribution in [0.2, 0.25) is 0 Å². The number of nitrogens with one attached hydrogen (secondary N) is 1. The van der Waals surface area contributed by atoms with Crippen molar-refractivity contribution in [2.45, 2.75) is 19.9 Å². The molecule has 1 heterocycles. The molecule has 2 aromatic rings. The van der Waals surface area contributed by atoms with Crippen LogP contribution in [0.25, 0.3) is 11.5 Å². The Morgan fingerprint density at radius 3 is 2.81 bits per heavy atom. The van der Waals surface area contributed by atoms with Crippen LogP contribution in [0.15, 0.2) is 33.2 Å². The second-order valence-corrected chi connectivity index (χ2v) is 5.16. The molecule has 21 heavy (non-hydrogen) atoms. The second-order valence-electron chi connectivity index (χ2n) is 4.24. The zero-order chi connectivity index (χ0) is 15.1. The summed E-state index contributed by atoms with van der Waals surface area (Å²) in [7, 11) is 0. The van der Waals surface area contributed by atoms with Crippen LogP contribution < -0.4 is 5.32 Å². The molecule has 0 atom stereocenters. The third-order valence-corrected chi connectivity index (χ3v) is 3.17. The lowest BCUT2D eigenvalue weighted by molar-refractivity contribution is -0.142. The van der Waals surface area contributed by atoms with Crippen molar-refractivity contribution in [2.24, 2.45) is 0 Å². The maximum absolute atomic E-state index is 11.2. The number of hydrogen-bond acceptors (Lipinski definition) is 6. The summed E-state index contributed by atoms with van der Waals surface area (Å²) >= 11 is 3.37. The van der Waals surface area contributed by atoms with Gasteiger partial charge in [0.25, 0.3) is 0 Å². The molecule has 1 aromatic carbocycles. The zero-order valence-corrected chi connectivity index (χ0v) is 13.2. The molecule has 7 heteroatoms. The highest BCUT2D eigenvalue weighted by atomic mass is 79.9. The van der Waals surface area contributed by atoms with Gasteiger partial charge in [0, 0.05) is 16.6 Å². The van der Waals surface area contributed by atoms with Gasteiger partial charge in [0.15, 0.2) is 0 Å². The number of esters is 1. The standard InChI is InChI=1S/C14H16BrN3O3/c1-2-20-13(19)7-8-16-9-12-17-18-14(21-12)10-3-5-11(15)6-4-10/h3-6,16H,2,7-9H2,1H3. The first-order valence-corrected chi connectivity index (χ1v) is 7.43. The van der Waals surface area contributed by atoms with Gasteiger partial charge in [-0.3, -0.25) is 4.79 Å². The van der Waals surface area contributed by atoms with Crippen LogP contribution >= 0.6 is 15.9 Å². The van der Waals surface area contributed by atoms with Crippen LogP contribution in [-0.4, -0.2) is 29.3 Å². The van der Waals surface area contributed by atoms with Gasteiger partial charge in [-0.15, -0.1) is 10.2 Å². The molecule has 0 fully saturated rings. The number of carbonyl (C=O) groups excluding carboxylic acids is 1. The highest BCUT2D eigenvalue weighted by Gasteiger charge is 2.08. The quantitative estimate of drug-likeness (QED) is 0.608. The molecule has 0 aliphatic heterocycles. The van der Waals surface area contributed by atoms with Crippen molar-refractivity contribution in [1.29, 1.82) is 0 Å². The zero-order valence-electron chi connectivity index (χ0n) is 11.6. The molecule has 1 aromatic heterocycles. The molecule has 0 saturated carbocycles. The maximum atomic E-state index is 11.2. The number of halogens is 1. The minimum Gasteiger partial charge on any atom is -0.466 e.